The summed E-state index contributed by atoms with van der Waals surface area (Å²) in [6.45, 7) is 9.10. The number of amides is 1. The highest BCUT2D eigenvalue weighted by Gasteiger charge is 2.48. The third kappa shape index (κ3) is 12.3. The molecule has 0 spiro atoms. The molecule has 3 aliphatic rings. The molecular formula is C36H62N2O9S2. The van der Waals surface area contributed by atoms with Gasteiger partial charge in [-0.15, -0.1) is 11.8 Å². The number of carbonyl (C=O) groups is 1. The highest BCUT2D eigenvalue weighted by Crippen LogP contribution is 2.33. The van der Waals surface area contributed by atoms with Gasteiger partial charge in [0.15, 0.2) is 11.5 Å². The number of rotatable bonds is 17. The number of thioether (sulfide) groups is 1. The predicted octanol–water partition coefficient (Wildman–Crippen LogP) is 3.60. The summed E-state index contributed by atoms with van der Waals surface area (Å²) in [6, 6.07) is 4.81. The van der Waals surface area contributed by atoms with E-state index in [1.165, 1.54) is 56.4 Å². The molecule has 2 saturated heterocycles. The highest BCUT2D eigenvalue weighted by molar-refractivity contribution is 7.99. The van der Waals surface area contributed by atoms with Crippen LogP contribution in [-0.2, 0) is 26.8 Å². The molecular weight excluding hydrogens is 669 g/mol. The van der Waals surface area contributed by atoms with Crippen LogP contribution in [0.2, 0.25) is 0 Å². The normalized spacial score (nSPS) is 29.1. The maximum Gasteiger partial charge on any atom is 0.237 e. The van der Waals surface area contributed by atoms with Crippen LogP contribution in [0.5, 0.6) is 11.5 Å². The Morgan fingerprint density at radius 1 is 1.02 bits per heavy atom. The number of likely N-dealkylation sites (tertiary alicyclic amines) is 1. The Bertz CT molecular complexity index is 1160. The van der Waals surface area contributed by atoms with E-state index in [1.807, 2.05) is 30.1 Å². The van der Waals surface area contributed by atoms with Crippen molar-refractivity contribution in [2.24, 2.45) is 5.92 Å². The Hall–Kier alpha value is -1.45. The van der Waals surface area contributed by atoms with E-state index in [2.05, 4.69) is 26.1 Å². The van der Waals surface area contributed by atoms with Gasteiger partial charge in [0.25, 0.3) is 0 Å². The van der Waals surface area contributed by atoms with Gasteiger partial charge >= 0.3 is 0 Å². The van der Waals surface area contributed by atoms with Crippen molar-refractivity contribution in [2.75, 3.05) is 32.4 Å². The summed E-state index contributed by atoms with van der Waals surface area (Å²) in [6.07, 6.45) is 6.83. The number of fused-ring (bicyclic) bond motifs is 1. The zero-order valence-corrected chi connectivity index (χ0v) is 31.9. The fraction of sp³-hybridized carbons (Fsp3) is 0.806. The SMILES string of the molecule is CCCCCCCCS(=O)C(C)Cc1ccc2c(c1)OCO2.CCC[C@@H]1C[C@@H](C(=O)N[C@@H]([C@H]2O[C@H](SC)[C@H](O)[C@@H](O)[C@H]2O)[C@@H](C)O)N(C)C1. The van der Waals surface area contributed by atoms with E-state index in [-0.39, 0.29) is 17.2 Å². The van der Waals surface area contributed by atoms with Crippen LogP contribution in [0.15, 0.2) is 18.2 Å². The topological polar surface area (TPSA) is 158 Å². The first kappa shape index (κ1) is 42.0. The summed E-state index contributed by atoms with van der Waals surface area (Å²) in [5.41, 5.74) is 0.419. The number of aliphatic hydroxyl groups excluding tert-OH is 4. The molecule has 13 heteroatoms. The lowest BCUT2D eigenvalue weighted by molar-refractivity contribution is -0.211. The van der Waals surface area contributed by atoms with Gasteiger partial charge in [-0.25, -0.2) is 0 Å². The lowest BCUT2D eigenvalue weighted by atomic mass is 9.92. The summed E-state index contributed by atoms with van der Waals surface area (Å²) in [5, 5.41) is 43.7. The molecule has 1 amide bonds. The molecule has 11 nitrogen and oxygen atoms in total. The predicted molar refractivity (Wildman–Crippen MR) is 195 cm³/mol. The fourth-order valence-electron chi connectivity index (χ4n) is 6.85. The molecule has 49 heavy (non-hydrogen) atoms. The number of nitrogens with one attached hydrogen (secondary N) is 1. The second kappa shape index (κ2) is 21.2. The van der Waals surface area contributed by atoms with Gasteiger partial charge in [0.05, 0.1) is 18.2 Å². The van der Waals surface area contributed by atoms with E-state index in [1.54, 1.807) is 6.26 Å². The minimum absolute atomic E-state index is 0.191. The van der Waals surface area contributed by atoms with Crippen LogP contribution < -0.4 is 14.8 Å². The first-order valence-electron chi connectivity index (χ1n) is 18.1. The summed E-state index contributed by atoms with van der Waals surface area (Å²) < 4.78 is 28.8. The van der Waals surface area contributed by atoms with Crippen LogP contribution in [0, 0.1) is 5.92 Å². The maximum atomic E-state index is 12.8. The molecule has 0 aromatic heterocycles. The van der Waals surface area contributed by atoms with Crippen LogP contribution in [0.4, 0.5) is 0 Å². The number of aliphatic hydroxyl groups is 4. The third-order valence-corrected chi connectivity index (χ3v) is 12.4. The van der Waals surface area contributed by atoms with Crippen molar-refractivity contribution in [1.82, 2.24) is 10.2 Å². The van der Waals surface area contributed by atoms with Crippen LogP contribution in [0.25, 0.3) is 0 Å². The highest BCUT2D eigenvalue weighted by atomic mass is 32.2. The number of nitrogens with zero attached hydrogens (tertiary/aromatic N) is 1. The average Bonchev–Trinajstić information content (AvgIpc) is 3.70. The summed E-state index contributed by atoms with van der Waals surface area (Å²) in [7, 11) is 1.17. The van der Waals surface area contributed by atoms with Gasteiger partial charge in [-0.05, 0) is 69.5 Å². The molecule has 3 aliphatic heterocycles. The number of carbonyl (C=O) groups excluding carboxylic acids is 1. The first-order valence-corrected chi connectivity index (χ1v) is 20.7. The van der Waals surface area contributed by atoms with Crippen molar-refractivity contribution in [3.8, 4) is 11.5 Å². The monoisotopic (exact) mass is 730 g/mol. The largest absolute Gasteiger partial charge is 0.454 e. The number of unbranched alkanes of at least 4 members (excludes halogenated alkanes) is 5. The number of hydrogen-bond acceptors (Lipinski definition) is 11. The number of likely N-dealkylation sites (N-methyl/N-ethyl adjacent to an activating group) is 1. The van der Waals surface area contributed by atoms with Gasteiger partial charge in [-0.3, -0.25) is 13.9 Å². The summed E-state index contributed by atoms with van der Waals surface area (Å²) >= 11 is 1.20. The second-order valence-corrected chi connectivity index (χ2v) is 16.8. The van der Waals surface area contributed by atoms with Crippen LogP contribution >= 0.6 is 11.8 Å². The van der Waals surface area contributed by atoms with E-state index in [9.17, 15) is 29.4 Å². The van der Waals surface area contributed by atoms with Gasteiger partial charge in [-0.1, -0.05) is 65.4 Å². The smallest absolute Gasteiger partial charge is 0.237 e. The van der Waals surface area contributed by atoms with Crippen LogP contribution in [-0.4, -0.2) is 121 Å². The molecule has 0 saturated carbocycles. The Labute approximate surface area is 300 Å². The maximum absolute atomic E-state index is 12.8. The van der Waals surface area contributed by atoms with Crippen molar-refractivity contribution in [1.29, 1.82) is 0 Å². The standard InChI is InChI=1S/C18H34N2O6S.C18H28O3S/c1-5-6-10-7-11(20(3)8-10)17(25)19-12(9(2)21)16-14(23)13(22)15(24)18(26-16)27-4;1-3-4-5-6-7-8-11-22(19)15(2)12-16-9-10-17-18(13-16)21-14-20-17/h9-16,18,21-24H,5-8H2,1-4H3,(H,19,25);9-10,13,15H,3-8,11-12,14H2,1-2H3/t9-,10-,11+,12-,13+,14-,15-,16-,18-;/m1./s1. The molecule has 1 aromatic carbocycles. The third-order valence-electron chi connectivity index (χ3n) is 9.76. The molecule has 4 rings (SSSR count). The van der Waals surface area contributed by atoms with Gasteiger partial charge in [-0.2, -0.15) is 0 Å². The van der Waals surface area contributed by atoms with Gasteiger partial charge < -0.3 is 40.0 Å². The quantitative estimate of drug-likeness (QED) is 0.149. The molecule has 5 N–H and O–H groups in total. The molecule has 0 bridgehead atoms. The Balaban J connectivity index is 0.000000271. The van der Waals surface area contributed by atoms with Gasteiger partial charge in [0.2, 0.25) is 12.7 Å². The summed E-state index contributed by atoms with van der Waals surface area (Å²) in [4.78, 5) is 14.9. The fourth-order valence-corrected chi connectivity index (χ4v) is 8.80. The molecule has 0 radical (unpaired) electrons. The molecule has 0 aliphatic carbocycles. The van der Waals surface area contributed by atoms with E-state index in [0.29, 0.717) is 12.7 Å². The van der Waals surface area contributed by atoms with E-state index < -0.39 is 52.8 Å². The molecule has 282 valence electrons. The van der Waals surface area contributed by atoms with Crippen molar-refractivity contribution in [3.63, 3.8) is 0 Å². The number of ether oxygens (including phenoxy) is 3. The molecule has 2 fully saturated rings. The lowest BCUT2D eigenvalue weighted by Crippen LogP contribution is -2.65. The molecule has 3 heterocycles. The molecule has 2 unspecified atom stereocenters. The van der Waals surface area contributed by atoms with Crippen molar-refractivity contribution in [3.05, 3.63) is 23.8 Å². The number of hydrogen-bond donors (Lipinski definition) is 5. The Morgan fingerprint density at radius 2 is 1.71 bits per heavy atom. The van der Waals surface area contributed by atoms with Crippen molar-refractivity contribution in [2.45, 2.75) is 145 Å². The first-order chi connectivity index (χ1) is 23.4. The zero-order chi connectivity index (χ0) is 36.1. The zero-order valence-electron chi connectivity index (χ0n) is 30.3. The van der Waals surface area contributed by atoms with Crippen LogP contribution in [0.1, 0.15) is 91.0 Å². The van der Waals surface area contributed by atoms with Crippen LogP contribution in [0.3, 0.4) is 0 Å². The number of benzene rings is 1. The lowest BCUT2D eigenvalue weighted by Gasteiger charge is -2.44. The molecule has 1 aromatic rings. The van der Waals surface area contributed by atoms with E-state index >= 15 is 0 Å². The summed E-state index contributed by atoms with van der Waals surface area (Å²) in [5.74, 6) is 2.70. The van der Waals surface area contributed by atoms with Crippen molar-refractivity contribution < 1.29 is 43.6 Å². The minimum atomic E-state index is -1.42. The van der Waals surface area contributed by atoms with E-state index in [4.69, 9.17) is 14.2 Å². The Morgan fingerprint density at radius 3 is 2.39 bits per heavy atom. The van der Waals surface area contributed by atoms with E-state index in [0.717, 1.165) is 55.9 Å². The Kier molecular flexibility index (Phi) is 18.1. The second-order valence-electron chi connectivity index (χ2n) is 13.9. The van der Waals surface area contributed by atoms with Gasteiger partial charge in [0, 0.05) is 28.3 Å². The van der Waals surface area contributed by atoms with Crippen molar-refractivity contribution >= 4 is 28.5 Å². The molecule has 11 atom stereocenters. The van der Waals surface area contributed by atoms with Gasteiger partial charge in [0.1, 0.15) is 29.9 Å². The minimum Gasteiger partial charge on any atom is -0.454 e. The average molecular weight is 731 g/mol.